The van der Waals surface area contributed by atoms with Gasteiger partial charge in [0.2, 0.25) is 0 Å². The van der Waals surface area contributed by atoms with Crippen LogP contribution < -0.4 is 10.3 Å². The Hall–Kier alpha value is -1.29. The lowest BCUT2D eigenvalue weighted by Gasteiger charge is -2.69. The largest absolute Gasteiger partial charge is 0.291 e. The van der Waals surface area contributed by atoms with Crippen molar-refractivity contribution in [2.45, 2.75) is 9.79 Å². The summed E-state index contributed by atoms with van der Waals surface area (Å²) in [4.78, 5) is 2.00. The van der Waals surface area contributed by atoms with Crippen molar-refractivity contribution in [3.8, 4) is 0 Å². The quantitative estimate of drug-likeness (QED) is 0.858. The number of benzene rings is 2. The monoisotopic (exact) mass is 248 g/mol. The molecular formula is C14H20N2S. The molecule has 0 heterocycles. The fourth-order valence-electron chi connectivity index (χ4n) is 1.97. The number of nitrogens with two attached hydrogens (primary N) is 2. The van der Waals surface area contributed by atoms with Gasteiger partial charge >= 0.3 is 0 Å². The zero-order chi connectivity index (χ0) is 12.6. The molecule has 3 heteroatoms. The molecule has 4 N–H and O–H groups in total. The highest BCUT2D eigenvalue weighted by atomic mass is 32.4. The zero-order valence-corrected chi connectivity index (χ0v) is 11.2. The van der Waals surface area contributed by atoms with E-state index in [-0.39, 0.29) is 0 Å². The molecule has 2 nitrogen and oxygen atoms in total. The first kappa shape index (κ1) is 12.2. The lowest BCUT2D eigenvalue weighted by Crippen LogP contribution is -2.50. The van der Waals surface area contributed by atoms with Crippen molar-refractivity contribution in [1.82, 2.24) is 0 Å². The maximum Gasteiger partial charge on any atom is 0.00125 e. The Bertz CT molecular complexity index is 480. The van der Waals surface area contributed by atoms with E-state index in [0.717, 1.165) is 9.79 Å². The number of hydrogen-bond acceptors (Lipinski definition) is 2. The van der Waals surface area contributed by atoms with Crippen molar-refractivity contribution < 1.29 is 0 Å². The van der Waals surface area contributed by atoms with E-state index in [1.54, 1.807) is 0 Å². The summed E-state index contributed by atoms with van der Waals surface area (Å²) < 4.78 is 0. The van der Waals surface area contributed by atoms with Crippen LogP contribution in [-0.2, 0) is 0 Å². The highest BCUT2D eigenvalue weighted by molar-refractivity contribution is 8.60. The van der Waals surface area contributed by atoms with E-state index < -0.39 is 8.67 Å². The molecule has 0 aliphatic carbocycles. The van der Waals surface area contributed by atoms with Gasteiger partial charge in [-0.3, -0.25) is 10.3 Å². The normalized spacial score (nSPS) is 16.0. The summed E-state index contributed by atoms with van der Waals surface area (Å²) in [6.07, 6.45) is 3.95. The summed E-state index contributed by atoms with van der Waals surface area (Å²) in [7, 11) is -3.38. The number of rotatable bonds is 2. The second-order valence-electron chi connectivity index (χ2n) is 5.50. The minimum Gasteiger partial charge on any atom is -0.291 e. The third-order valence-corrected chi connectivity index (χ3v) is 7.20. The van der Waals surface area contributed by atoms with Crippen molar-refractivity contribution in [2.24, 2.45) is 10.3 Å². The maximum absolute atomic E-state index is 6.74. The van der Waals surface area contributed by atoms with Crippen molar-refractivity contribution in [1.29, 1.82) is 0 Å². The van der Waals surface area contributed by atoms with Gasteiger partial charge < -0.3 is 0 Å². The second-order valence-corrected chi connectivity index (χ2v) is 12.2. The highest BCUT2D eigenvalue weighted by Crippen LogP contribution is 2.81. The standard InChI is InChI=1S/C14H20N2S/c1-17(2,15,16,13-9-5-3-6-10-13)14-11-7-4-8-12-14/h3-12H,15-16H2,1-2H3. The molecule has 0 unspecified atom stereocenters. The van der Waals surface area contributed by atoms with Gasteiger partial charge in [0, 0.05) is 9.79 Å². The van der Waals surface area contributed by atoms with E-state index >= 15 is 0 Å². The van der Waals surface area contributed by atoms with E-state index in [9.17, 15) is 0 Å². The molecule has 0 saturated heterocycles. The molecule has 0 saturated carbocycles. The maximum atomic E-state index is 6.74. The van der Waals surface area contributed by atoms with Crippen LogP contribution in [0.1, 0.15) is 0 Å². The summed E-state index contributed by atoms with van der Waals surface area (Å²) in [5.41, 5.74) is 0. The third-order valence-electron chi connectivity index (χ3n) is 3.21. The minimum absolute atomic E-state index is 0.999. The SMILES string of the molecule is CS(C)(N)(N)(c1ccccc1)c1ccccc1. The van der Waals surface area contributed by atoms with Gasteiger partial charge in [0.15, 0.2) is 0 Å². The van der Waals surface area contributed by atoms with Crippen molar-refractivity contribution >= 4 is 8.67 Å². The van der Waals surface area contributed by atoms with Crippen LogP contribution in [0.25, 0.3) is 0 Å². The molecule has 0 bridgehead atoms. The lowest BCUT2D eigenvalue weighted by molar-refractivity contribution is 1.23. The Morgan fingerprint density at radius 2 is 0.941 bits per heavy atom. The van der Waals surface area contributed by atoms with Gasteiger partial charge in [-0.2, -0.15) is 8.67 Å². The Balaban J connectivity index is 2.76. The van der Waals surface area contributed by atoms with Gasteiger partial charge in [-0.15, -0.1) is 0 Å². The Labute approximate surface area is 102 Å². The molecule has 0 fully saturated rings. The van der Waals surface area contributed by atoms with Gasteiger partial charge in [0.1, 0.15) is 0 Å². The molecule has 2 aromatic rings. The van der Waals surface area contributed by atoms with Crippen LogP contribution in [0.3, 0.4) is 0 Å². The number of hydrogen-bond donors (Lipinski definition) is 2. The Kier molecular flexibility index (Phi) is 2.24. The third kappa shape index (κ3) is 1.97. The van der Waals surface area contributed by atoms with Crippen LogP contribution in [0.2, 0.25) is 0 Å². The predicted molar refractivity (Wildman–Crippen MR) is 77.2 cm³/mol. The molecule has 0 aliphatic rings. The molecule has 92 valence electrons. The van der Waals surface area contributed by atoms with Crippen LogP contribution in [-0.4, -0.2) is 12.5 Å². The molecule has 0 atom stereocenters. The smallest absolute Gasteiger partial charge is 0.00125 e. The van der Waals surface area contributed by atoms with Crippen molar-refractivity contribution in [3.05, 3.63) is 60.7 Å². The van der Waals surface area contributed by atoms with E-state index in [4.69, 9.17) is 10.3 Å². The van der Waals surface area contributed by atoms with Crippen molar-refractivity contribution in [2.75, 3.05) is 12.5 Å². The average Bonchev–Trinajstić information content (AvgIpc) is 2.30. The van der Waals surface area contributed by atoms with Gasteiger partial charge in [0.05, 0.1) is 0 Å². The molecule has 0 amide bonds. The first-order valence-corrected chi connectivity index (χ1v) is 8.91. The van der Waals surface area contributed by atoms with E-state index in [2.05, 4.69) is 0 Å². The molecule has 0 aromatic heterocycles. The van der Waals surface area contributed by atoms with Crippen molar-refractivity contribution in [3.63, 3.8) is 0 Å². The summed E-state index contributed by atoms with van der Waals surface area (Å²) in [5.74, 6) is 0. The summed E-state index contributed by atoms with van der Waals surface area (Å²) in [6.45, 7) is 0. The molecule has 2 rings (SSSR count). The van der Waals surface area contributed by atoms with E-state index in [1.165, 1.54) is 0 Å². The van der Waals surface area contributed by atoms with Crippen LogP contribution >= 0.6 is 8.67 Å². The van der Waals surface area contributed by atoms with E-state index in [0.29, 0.717) is 0 Å². The average molecular weight is 248 g/mol. The fourth-order valence-corrected chi connectivity index (χ4v) is 4.55. The molecule has 0 radical (unpaired) electrons. The molecular weight excluding hydrogens is 228 g/mol. The van der Waals surface area contributed by atoms with Crippen LogP contribution in [0.15, 0.2) is 70.5 Å². The van der Waals surface area contributed by atoms with E-state index in [1.807, 2.05) is 73.2 Å². The van der Waals surface area contributed by atoms with Crippen LogP contribution in [0, 0.1) is 0 Å². The fraction of sp³-hybridized carbons (Fsp3) is 0.143. The summed E-state index contributed by atoms with van der Waals surface area (Å²) >= 11 is 0. The van der Waals surface area contributed by atoms with Gasteiger partial charge in [-0.1, -0.05) is 36.4 Å². The topological polar surface area (TPSA) is 52.0 Å². The lowest BCUT2D eigenvalue weighted by atomic mass is 10.4. The molecule has 17 heavy (non-hydrogen) atoms. The molecule has 0 spiro atoms. The van der Waals surface area contributed by atoms with Crippen LogP contribution in [0.4, 0.5) is 0 Å². The van der Waals surface area contributed by atoms with Crippen LogP contribution in [0.5, 0.6) is 0 Å². The first-order chi connectivity index (χ1) is 7.74. The highest BCUT2D eigenvalue weighted by Gasteiger charge is 2.46. The second kappa shape index (κ2) is 3.13. The minimum atomic E-state index is -3.38. The molecule has 2 aromatic carbocycles. The Morgan fingerprint density at radius 3 is 1.24 bits per heavy atom. The predicted octanol–water partition coefficient (Wildman–Crippen LogP) is 2.99. The first-order valence-electron chi connectivity index (χ1n) is 5.52. The van der Waals surface area contributed by atoms with Gasteiger partial charge in [-0.25, -0.2) is 0 Å². The zero-order valence-electron chi connectivity index (χ0n) is 10.3. The Morgan fingerprint density at radius 1 is 0.647 bits per heavy atom. The van der Waals surface area contributed by atoms with Gasteiger partial charge in [0.25, 0.3) is 0 Å². The summed E-state index contributed by atoms with van der Waals surface area (Å²) in [6, 6.07) is 19.9. The summed E-state index contributed by atoms with van der Waals surface area (Å²) in [5, 5.41) is 13.5. The van der Waals surface area contributed by atoms with Gasteiger partial charge in [-0.05, 0) is 36.8 Å². The molecule has 0 aliphatic heterocycles.